The molecule has 1 aliphatic carbocycles. The van der Waals surface area contributed by atoms with Crippen molar-refractivity contribution in [1.82, 2.24) is 14.8 Å². The molecule has 9 nitrogen and oxygen atoms in total. The number of hydrogen-bond donors (Lipinski definition) is 1. The van der Waals surface area contributed by atoms with E-state index in [0.717, 1.165) is 36.9 Å². The smallest absolute Gasteiger partial charge is 0.260 e. The molecule has 0 bridgehead atoms. The first kappa shape index (κ1) is 26.1. The molecule has 0 saturated heterocycles. The predicted molar refractivity (Wildman–Crippen MR) is 144 cm³/mol. The number of nitrogen functional groups attached to an aromatic ring is 1. The van der Waals surface area contributed by atoms with E-state index in [2.05, 4.69) is 16.2 Å². The van der Waals surface area contributed by atoms with Crippen molar-refractivity contribution >= 4 is 27.1 Å². The molecule has 2 N–H and O–H groups in total. The number of halogens is 1. The lowest BCUT2D eigenvalue weighted by Crippen LogP contribution is -2.32. The lowest BCUT2D eigenvalue weighted by Gasteiger charge is -2.25. The largest absolute Gasteiger partial charge is 0.398 e. The number of anilines is 2. The first-order valence-electron chi connectivity index (χ1n) is 12.1. The minimum Gasteiger partial charge on any atom is -0.398 e. The van der Waals surface area contributed by atoms with Gasteiger partial charge in [-0.2, -0.15) is 10.4 Å². The van der Waals surface area contributed by atoms with E-state index in [0.29, 0.717) is 34.0 Å². The van der Waals surface area contributed by atoms with Gasteiger partial charge in [0.15, 0.2) is 9.84 Å². The highest BCUT2D eigenvalue weighted by molar-refractivity contribution is 7.90. The highest BCUT2D eigenvalue weighted by atomic mass is 32.2. The summed E-state index contributed by atoms with van der Waals surface area (Å²) in [5, 5.41) is 13.6. The van der Waals surface area contributed by atoms with Crippen molar-refractivity contribution in [2.75, 3.05) is 16.9 Å². The average Bonchev–Trinajstić information content (AvgIpc) is 3.69. The van der Waals surface area contributed by atoms with Crippen LogP contribution < -0.4 is 10.6 Å². The van der Waals surface area contributed by atoms with E-state index in [4.69, 9.17) is 5.73 Å². The predicted octanol–water partition coefficient (Wildman–Crippen LogP) is 4.20. The lowest BCUT2D eigenvalue weighted by atomic mass is 10.0. The molecular weight excluding hydrogens is 519 g/mol. The van der Waals surface area contributed by atoms with Gasteiger partial charge in [-0.15, -0.1) is 0 Å². The molecule has 1 aliphatic rings. The van der Waals surface area contributed by atoms with Crippen LogP contribution in [0, 0.1) is 17.1 Å². The van der Waals surface area contributed by atoms with Crippen LogP contribution in [0.25, 0.3) is 11.3 Å². The molecule has 0 radical (unpaired) electrons. The Balaban J connectivity index is 1.57. The van der Waals surface area contributed by atoms with E-state index in [9.17, 15) is 22.9 Å². The molecule has 0 spiro atoms. The number of carbonyl (C=O) groups excluding carboxylic acids is 1. The van der Waals surface area contributed by atoms with Crippen LogP contribution in [0.1, 0.15) is 45.9 Å². The molecule has 1 amide bonds. The Morgan fingerprint density at radius 1 is 1.18 bits per heavy atom. The number of amides is 1. The third-order valence-electron chi connectivity index (χ3n) is 6.66. The van der Waals surface area contributed by atoms with Gasteiger partial charge in [-0.3, -0.25) is 14.5 Å². The SMILES string of the molecule is Cn1ncc(C#N)c1-c1ccc(CN(C(=O)c2ccc(C3CC3)nc2)c2ccc(F)cc2S(C)(=O)=O)cc1N. The van der Waals surface area contributed by atoms with Gasteiger partial charge < -0.3 is 10.6 Å². The summed E-state index contributed by atoms with van der Waals surface area (Å²) in [6, 6.07) is 14.0. The Hall–Kier alpha value is -4.56. The minimum atomic E-state index is -3.89. The molecule has 2 aromatic heterocycles. The van der Waals surface area contributed by atoms with Gasteiger partial charge in [0.25, 0.3) is 5.91 Å². The monoisotopic (exact) mass is 544 g/mol. The fourth-order valence-electron chi connectivity index (χ4n) is 4.53. The van der Waals surface area contributed by atoms with Crippen molar-refractivity contribution in [1.29, 1.82) is 5.26 Å². The molecule has 0 unspecified atom stereocenters. The van der Waals surface area contributed by atoms with Crippen molar-refractivity contribution in [3.05, 3.63) is 89.1 Å². The number of rotatable bonds is 7. The number of aryl methyl sites for hydroxylation is 1. The number of carbonyl (C=O) groups is 1. The first-order chi connectivity index (χ1) is 18.6. The summed E-state index contributed by atoms with van der Waals surface area (Å²) < 4.78 is 40.9. The van der Waals surface area contributed by atoms with Crippen molar-refractivity contribution in [3.8, 4) is 17.3 Å². The Kier molecular flexibility index (Phi) is 6.66. The highest BCUT2D eigenvalue weighted by Crippen LogP contribution is 2.39. The molecular formula is C28H25FN6O3S. The van der Waals surface area contributed by atoms with Gasteiger partial charge in [0.1, 0.15) is 11.9 Å². The minimum absolute atomic E-state index is 0.0382. The standard InChI is InChI=1S/C28H25FN6O3S/c1-34-27(20(13-30)15-33-34)22-8-3-17(11-23(22)31)16-35(25-10-7-21(29)12-26(25)39(2,37)38)28(36)19-6-9-24(32-14-19)18-4-5-18/h3,6-12,14-15,18H,4-5,16,31H2,1-2H3. The van der Waals surface area contributed by atoms with Crippen LogP contribution in [0.4, 0.5) is 15.8 Å². The number of nitrogens with zero attached hydrogens (tertiary/aromatic N) is 5. The van der Waals surface area contributed by atoms with Crippen molar-refractivity contribution in [3.63, 3.8) is 0 Å². The fraction of sp³-hybridized carbons (Fsp3) is 0.214. The zero-order valence-electron chi connectivity index (χ0n) is 21.3. The number of nitrogens with two attached hydrogens (primary N) is 1. The van der Waals surface area contributed by atoms with E-state index >= 15 is 0 Å². The van der Waals surface area contributed by atoms with E-state index in [1.807, 2.05) is 0 Å². The average molecular weight is 545 g/mol. The quantitative estimate of drug-likeness (QED) is 0.345. The van der Waals surface area contributed by atoms with Crippen LogP contribution in [-0.2, 0) is 23.4 Å². The number of nitriles is 1. The van der Waals surface area contributed by atoms with Gasteiger partial charge in [-0.25, -0.2) is 12.8 Å². The molecule has 0 atom stereocenters. The van der Waals surface area contributed by atoms with Gasteiger partial charge in [-0.05, 0) is 54.8 Å². The summed E-state index contributed by atoms with van der Waals surface area (Å²) in [5.41, 5.74) is 10.0. The molecule has 198 valence electrons. The summed E-state index contributed by atoms with van der Waals surface area (Å²) >= 11 is 0. The maximum absolute atomic E-state index is 14.1. The molecule has 1 fully saturated rings. The maximum Gasteiger partial charge on any atom is 0.260 e. The van der Waals surface area contributed by atoms with Gasteiger partial charge in [0.05, 0.1) is 40.1 Å². The molecule has 39 heavy (non-hydrogen) atoms. The highest BCUT2D eigenvalue weighted by Gasteiger charge is 2.28. The lowest BCUT2D eigenvalue weighted by molar-refractivity contribution is 0.0984. The van der Waals surface area contributed by atoms with Gasteiger partial charge in [-0.1, -0.05) is 12.1 Å². The number of hydrogen-bond acceptors (Lipinski definition) is 7. The Bertz CT molecular complexity index is 1740. The van der Waals surface area contributed by atoms with Crippen LogP contribution in [0.15, 0.2) is 65.8 Å². The topological polar surface area (TPSA) is 135 Å². The summed E-state index contributed by atoms with van der Waals surface area (Å²) in [5.74, 6) is -0.829. The number of pyridine rings is 1. The second-order valence-electron chi connectivity index (χ2n) is 9.59. The normalized spacial score (nSPS) is 13.2. The summed E-state index contributed by atoms with van der Waals surface area (Å²) in [6.45, 7) is -0.0572. The van der Waals surface area contributed by atoms with Crippen molar-refractivity contribution in [2.24, 2.45) is 7.05 Å². The number of benzene rings is 2. The zero-order chi connectivity index (χ0) is 27.9. The summed E-state index contributed by atoms with van der Waals surface area (Å²) in [6.07, 6.45) is 6.02. The Morgan fingerprint density at radius 3 is 2.56 bits per heavy atom. The molecule has 2 aromatic carbocycles. The second-order valence-corrected chi connectivity index (χ2v) is 11.6. The third-order valence-corrected chi connectivity index (χ3v) is 7.78. The molecule has 2 heterocycles. The zero-order valence-corrected chi connectivity index (χ0v) is 22.1. The molecule has 11 heteroatoms. The van der Waals surface area contributed by atoms with Gasteiger partial charge >= 0.3 is 0 Å². The third kappa shape index (κ3) is 5.24. The Labute approximate surface area is 225 Å². The summed E-state index contributed by atoms with van der Waals surface area (Å²) in [4.78, 5) is 19.2. The molecule has 4 aromatic rings. The van der Waals surface area contributed by atoms with E-state index < -0.39 is 21.6 Å². The van der Waals surface area contributed by atoms with Gasteiger partial charge in [0.2, 0.25) is 0 Å². The Morgan fingerprint density at radius 2 is 1.95 bits per heavy atom. The van der Waals surface area contributed by atoms with Crippen LogP contribution in [0.5, 0.6) is 0 Å². The first-order valence-corrected chi connectivity index (χ1v) is 14.0. The van der Waals surface area contributed by atoms with Crippen LogP contribution in [0.3, 0.4) is 0 Å². The van der Waals surface area contributed by atoms with Gasteiger partial charge in [0, 0.05) is 42.4 Å². The van der Waals surface area contributed by atoms with Crippen LogP contribution >= 0.6 is 0 Å². The fourth-order valence-corrected chi connectivity index (χ4v) is 5.41. The molecule has 5 rings (SSSR count). The van der Waals surface area contributed by atoms with Crippen molar-refractivity contribution in [2.45, 2.75) is 30.2 Å². The van der Waals surface area contributed by atoms with E-state index in [1.165, 1.54) is 23.4 Å². The van der Waals surface area contributed by atoms with Crippen molar-refractivity contribution < 1.29 is 17.6 Å². The number of sulfone groups is 1. The summed E-state index contributed by atoms with van der Waals surface area (Å²) in [7, 11) is -2.19. The maximum atomic E-state index is 14.1. The van der Waals surface area contributed by atoms with Crippen LogP contribution in [0.2, 0.25) is 0 Å². The van der Waals surface area contributed by atoms with Crippen LogP contribution in [-0.4, -0.2) is 35.3 Å². The number of aromatic nitrogens is 3. The second kappa shape index (κ2) is 9.96. The van der Waals surface area contributed by atoms with E-state index in [-0.39, 0.29) is 22.7 Å². The van der Waals surface area contributed by atoms with E-state index in [1.54, 1.807) is 42.1 Å². The molecule has 1 saturated carbocycles. The molecule has 0 aliphatic heterocycles.